The van der Waals surface area contributed by atoms with Crippen LogP contribution in [0, 0.1) is 17.8 Å². The molecule has 3 aliphatic rings. The zero-order valence-electron chi connectivity index (χ0n) is 5.88. The normalized spacial score (nSPS) is 56.7. The second-order valence-electron chi connectivity index (χ2n) is 3.76. The van der Waals surface area contributed by atoms with Crippen molar-refractivity contribution in [2.75, 3.05) is 0 Å². The van der Waals surface area contributed by atoms with E-state index in [1.54, 1.807) is 0 Å². The first-order valence-corrected chi connectivity index (χ1v) is 3.95. The highest BCUT2D eigenvalue weighted by Gasteiger charge is 2.42. The fourth-order valence-electron chi connectivity index (χ4n) is 2.28. The summed E-state index contributed by atoms with van der Waals surface area (Å²) in [5, 5.41) is 9.38. The molecule has 3 saturated carbocycles. The van der Waals surface area contributed by atoms with E-state index >= 15 is 0 Å². The fraction of sp³-hybridized carbons (Fsp3) is 1.00. The molecule has 1 N–H and O–H groups in total. The van der Waals surface area contributed by atoms with Gasteiger partial charge in [-0.15, -0.1) is 0 Å². The van der Waals surface area contributed by atoms with Crippen LogP contribution < -0.4 is 0 Å². The summed E-state index contributed by atoms with van der Waals surface area (Å²) in [5.74, 6) is 2.36. The van der Waals surface area contributed by atoms with Gasteiger partial charge in [0, 0.05) is 0 Å². The zero-order valence-corrected chi connectivity index (χ0v) is 5.88. The molecule has 0 aromatic rings. The van der Waals surface area contributed by atoms with Crippen LogP contribution in [0.1, 0.15) is 26.2 Å². The molecule has 3 rings (SSSR count). The lowest BCUT2D eigenvalue weighted by Crippen LogP contribution is -2.43. The Hall–Kier alpha value is -0.0400. The van der Waals surface area contributed by atoms with E-state index in [-0.39, 0.29) is 6.10 Å². The molecule has 2 bridgehead atoms. The first kappa shape index (κ1) is 5.72. The molecule has 0 saturated heterocycles. The third-order valence-electron chi connectivity index (χ3n) is 3.20. The van der Waals surface area contributed by atoms with E-state index in [0.717, 1.165) is 18.3 Å². The van der Waals surface area contributed by atoms with E-state index in [0.29, 0.717) is 5.92 Å². The molecule has 0 radical (unpaired) electrons. The maximum Gasteiger partial charge on any atom is 0.0571 e. The van der Waals surface area contributed by atoms with Crippen molar-refractivity contribution in [2.45, 2.75) is 32.3 Å². The van der Waals surface area contributed by atoms with E-state index < -0.39 is 0 Å². The molecular weight excluding hydrogens is 112 g/mol. The summed E-state index contributed by atoms with van der Waals surface area (Å²) in [6, 6.07) is 0. The molecule has 0 unspecified atom stereocenters. The maximum absolute atomic E-state index is 9.38. The zero-order chi connectivity index (χ0) is 6.43. The molecule has 52 valence electrons. The molecule has 0 aliphatic heterocycles. The summed E-state index contributed by atoms with van der Waals surface area (Å²) >= 11 is 0. The Morgan fingerprint density at radius 3 is 2.22 bits per heavy atom. The van der Waals surface area contributed by atoms with Crippen molar-refractivity contribution in [2.24, 2.45) is 17.8 Å². The van der Waals surface area contributed by atoms with Gasteiger partial charge in [0.2, 0.25) is 0 Å². The Labute approximate surface area is 56.1 Å². The fourth-order valence-corrected chi connectivity index (χ4v) is 2.28. The highest BCUT2D eigenvalue weighted by molar-refractivity contribution is 4.92. The predicted octanol–water partition coefficient (Wildman–Crippen LogP) is 1.41. The van der Waals surface area contributed by atoms with Crippen LogP contribution in [-0.2, 0) is 0 Å². The van der Waals surface area contributed by atoms with Crippen molar-refractivity contribution >= 4 is 0 Å². The number of fused-ring (bicyclic) bond motifs is 2. The Bertz CT molecular complexity index is 114. The molecule has 0 spiro atoms. The lowest BCUT2D eigenvalue weighted by atomic mass is 9.59. The van der Waals surface area contributed by atoms with Gasteiger partial charge in [-0.25, -0.2) is 0 Å². The Balaban J connectivity index is 2.04. The smallest absolute Gasteiger partial charge is 0.0571 e. The van der Waals surface area contributed by atoms with E-state index in [9.17, 15) is 5.11 Å². The van der Waals surface area contributed by atoms with Gasteiger partial charge in [0.05, 0.1) is 6.10 Å². The van der Waals surface area contributed by atoms with Crippen molar-refractivity contribution in [1.82, 2.24) is 0 Å². The second-order valence-corrected chi connectivity index (χ2v) is 3.76. The van der Waals surface area contributed by atoms with Gasteiger partial charge < -0.3 is 5.11 Å². The minimum Gasteiger partial charge on any atom is -0.393 e. The molecule has 9 heavy (non-hydrogen) atoms. The largest absolute Gasteiger partial charge is 0.393 e. The van der Waals surface area contributed by atoms with Gasteiger partial charge in [-0.3, -0.25) is 0 Å². The number of rotatable bonds is 0. The highest BCUT2D eigenvalue weighted by atomic mass is 16.3. The predicted molar refractivity (Wildman–Crippen MR) is 36.0 cm³/mol. The SMILES string of the molecule is C[C@H]1C2CC(C2)C[C@@H]1O. The van der Waals surface area contributed by atoms with Crippen LogP contribution in [0.2, 0.25) is 0 Å². The summed E-state index contributed by atoms with van der Waals surface area (Å²) in [4.78, 5) is 0. The average molecular weight is 126 g/mol. The van der Waals surface area contributed by atoms with Crippen LogP contribution in [0.25, 0.3) is 0 Å². The van der Waals surface area contributed by atoms with Gasteiger partial charge in [0.25, 0.3) is 0 Å². The first-order chi connectivity index (χ1) is 4.27. The van der Waals surface area contributed by atoms with Crippen LogP contribution in [0.4, 0.5) is 0 Å². The van der Waals surface area contributed by atoms with Crippen LogP contribution in [0.15, 0.2) is 0 Å². The van der Waals surface area contributed by atoms with Crippen molar-refractivity contribution in [3.05, 3.63) is 0 Å². The van der Waals surface area contributed by atoms with E-state index in [1.165, 1.54) is 12.8 Å². The lowest BCUT2D eigenvalue weighted by Gasteiger charge is -2.48. The third-order valence-corrected chi connectivity index (χ3v) is 3.20. The molecule has 1 heteroatoms. The van der Waals surface area contributed by atoms with E-state index in [2.05, 4.69) is 6.92 Å². The Kier molecular flexibility index (Phi) is 1.10. The summed E-state index contributed by atoms with van der Waals surface area (Å²) < 4.78 is 0. The minimum atomic E-state index is 0.0301. The van der Waals surface area contributed by atoms with Gasteiger partial charge in [-0.1, -0.05) is 6.92 Å². The average Bonchev–Trinajstić information content (AvgIpc) is 1.72. The van der Waals surface area contributed by atoms with E-state index in [4.69, 9.17) is 0 Å². The molecule has 0 aromatic heterocycles. The van der Waals surface area contributed by atoms with Crippen LogP contribution in [0.3, 0.4) is 0 Å². The van der Waals surface area contributed by atoms with Gasteiger partial charge in [0.1, 0.15) is 0 Å². The molecule has 0 amide bonds. The van der Waals surface area contributed by atoms with Crippen molar-refractivity contribution < 1.29 is 5.11 Å². The molecule has 3 aliphatic carbocycles. The minimum absolute atomic E-state index is 0.0301. The van der Waals surface area contributed by atoms with Crippen molar-refractivity contribution in [3.8, 4) is 0 Å². The number of hydrogen-bond donors (Lipinski definition) is 1. The lowest BCUT2D eigenvalue weighted by molar-refractivity contribution is -0.0527. The molecule has 0 heterocycles. The molecule has 0 aromatic carbocycles. The number of hydrogen-bond acceptors (Lipinski definition) is 1. The van der Waals surface area contributed by atoms with Crippen LogP contribution in [0.5, 0.6) is 0 Å². The Morgan fingerprint density at radius 1 is 1.22 bits per heavy atom. The maximum atomic E-state index is 9.38. The van der Waals surface area contributed by atoms with Crippen molar-refractivity contribution in [3.63, 3.8) is 0 Å². The Morgan fingerprint density at radius 2 is 1.89 bits per heavy atom. The quantitative estimate of drug-likeness (QED) is 0.520. The number of aliphatic hydroxyl groups is 1. The van der Waals surface area contributed by atoms with Gasteiger partial charge in [0.15, 0.2) is 0 Å². The third kappa shape index (κ3) is 0.710. The topological polar surface area (TPSA) is 20.2 Å². The summed E-state index contributed by atoms with van der Waals surface area (Å²) in [5.41, 5.74) is 0. The summed E-state index contributed by atoms with van der Waals surface area (Å²) in [6.45, 7) is 2.19. The second kappa shape index (κ2) is 1.72. The molecule has 1 nitrogen and oxygen atoms in total. The first-order valence-electron chi connectivity index (χ1n) is 3.95. The summed E-state index contributed by atoms with van der Waals surface area (Å²) in [7, 11) is 0. The van der Waals surface area contributed by atoms with Crippen LogP contribution >= 0.6 is 0 Å². The van der Waals surface area contributed by atoms with Gasteiger partial charge >= 0.3 is 0 Å². The number of aliphatic hydroxyl groups excluding tert-OH is 1. The highest BCUT2D eigenvalue weighted by Crippen LogP contribution is 2.48. The molecule has 3 fully saturated rings. The van der Waals surface area contributed by atoms with Crippen molar-refractivity contribution in [1.29, 1.82) is 0 Å². The van der Waals surface area contributed by atoms with Crippen LogP contribution in [-0.4, -0.2) is 11.2 Å². The summed E-state index contributed by atoms with van der Waals surface area (Å²) in [6.07, 6.45) is 3.91. The van der Waals surface area contributed by atoms with E-state index in [1.807, 2.05) is 0 Å². The van der Waals surface area contributed by atoms with Gasteiger partial charge in [-0.05, 0) is 37.0 Å². The molecular formula is C8H14O. The molecule has 2 atom stereocenters. The monoisotopic (exact) mass is 126 g/mol. The standard InChI is InChI=1S/C8H14O/c1-5-7-2-6(3-7)4-8(5)9/h5-9H,2-4H2,1H3/t5-,6?,7?,8-/m0/s1. The van der Waals surface area contributed by atoms with Gasteiger partial charge in [-0.2, -0.15) is 0 Å².